The van der Waals surface area contributed by atoms with Gasteiger partial charge in [0.25, 0.3) is 0 Å². The van der Waals surface area contributed by atoms with Gasteiger partial charge in [0.1, 0.15) is 0 Å². The number of aliphatic hydroxyl groups is 1. The van der Waals surface area contributed by atoms with Crippen LogP contribution in [0.25, 0.3) is 0 Å². The fourth-order valence-electron chi connectivity index (χ4n) is 2.24. The maximum absolute atomic E-state index is 9.61. The molecule has 2 nitrogen and oxygen atoms in total. The highest BCUT2D eigenvalue weighted by atomic mass is 16.3. The van der Waals surface area contributed by atoms with E-state index >= 15 is 0 Å². The molecule has 0 aromatic heterocycles. The third-order valence-corrected chi connectivity index (χ3v) is 3.18. The first-order valence-electron chi connectivity index (χ1n) is 5.97. The molecule has 2 N–H and O–H groups in total. The molecule has 1 fully saturated rings. The maximum Gasteiger partial charge on any atom is 0.0715 e. The first-order valence-corrected chi connectivity index (χ1v) is 5.97. The van der Waals surface area contributed by atoms with E-state index in [2.05, 4.69) is 12.2 Å². The molecular weight excluding hydrogens is 174 g/mol. The fraction of sp³-hybridized carbons (Fsp3) is 1.00. The second-order valence-electron chi connectivity index (χ2n) is 5.33. The van der Waals surface area contributed by atoms with E-state index in [-0.39, 0.29) is 0 Å². The van der Waals surface area contributed by atoms with Gasteiger partial charge in [-0.25, -0.2) is 0 Å². The topological polar surface area (TPSA) is 32.3 Å². The van der Waals surface area contributed by atoms with Gasteiger partial charge in [0, 0.05) is 12.6 Å². The van der Waals surface area contributed by atoms with Gasteiger partial charge in [0.15, 0.2) is 0 Å². The van der Waals surface area contributed by atoms with Crippen LogP contribution < -0.4 is 5.32 Å². The summed E-state index contributed by atoms with van der Waals surface area (Å²) in [4.78, 5) is 0. The van der Waals surface area contributed by atoms with Gasteiger partial charge in [0.2, 0.25) is 0 Å². The average molecular weight is 199 g/mol. The Morgan fingerprint density at radius 1 is 1.36 bits per heavy atom. The van der Waals surface area contributed by atoms with Gasteiger partial charge in [-0.3, -0.25) is 0 Å². The van der Waals surface area contributed by atoms with Crippen molar-refractivity contribution >= 4 is 0 Å². The summed E-state index contributed by atoms with van der Waals surface area (Å²) >= 11 is 0. The predicted molar refractivity (Wildman–Crippen MR) is 60.3 cm³/mol. The van der Waals surface area contributed by atoms with Crippen LogP contribution in [0, 0.1) is 5.92 Å². The monoisotopic (exact) mass is 199 g/mol. The maximum atomic E-state index is 9.61. The first-order chi connectivity index (χ1) is 6.51. The van der Waals surface area contributed by atoms with Gasteiger partial charge in [-0.2, -0.15) is 0 Å². The molecule has 14 heavy (non-hydrogen) atoms. The Labute approximate surface area is 88.1 Å². The van der Waals surface area contributed by atoms with Crippen LogP contribution in [0.4, 0.5) is 0 Å². The molecule has 2 unspecified atom stereocenters. The van der Waals surface area contributed by atoms with Crippen LogP contribution in [0.3, 0.4) is 0 Å². The number of nitrogens with one attached hydrogen (secondary N) is 1. The highest BCUT2D eigenvalue weighted by molar-refractivity contribution is 4.80. The molecule has 84 valence electrons. The van der Waals surface area contributed by atoms with E-state index in [0.29, 0.717) is 12.6 Å². The van der Waals surface area contributed by atoms with Gasteiger partial charge in [0.05, 0.1) is 5.60 Å². The van der Waals surface area contributed by atoms with Gasteiger partial charge < -0.3 is 10.4 Å². The zero-order valence-electron chi connectivity index (χ0n) is 9.84. The lowest BCUT2D eigenvalue weighted by Gasteiger charge is -2.31. The SMILES string of the molecule is CCC1CCCC(NCC(C)(C)O)C1. The molecule has 0 radical (unpaired) electrons. The second kappa shape index (κ2) is 5.13. The lowest BCUT2D eigenvalue weighted by atomic mass is 9.84. The number of hydrogen-bond donors (Lipinski definition) is 2. The Hall–Kier alpha value is -0.0800. The van der Waals surface area contributed by atoms with E-state index in [4.69, 9.17) is 0 Å². The Morgan fingerprint density at radius 2 is 2.07 bits per heavy atom. The molecule has 0 amide bonds. The summed E-state index contributed by atoms with van der Waals surface area (Å²) < 4.78 is 0. The van der Waals surface area contributed by atoms with Crippen LogP contribution >= 0.6 is 0 Å². The molecule has 0 aromatic carbocycles. The summed E-state index contributed by atoms with van der Waals surface area (Å²) in [6.07, 6.45) is 6.64. The Morgan fingerprint density at radius 3 is 2.64 bits per heavy atom. The molecular formula is C12H25NO. The normalized spacial score (nSPS) is 29.1. The standard InChI is InChI=1S/C12H25NO/c1-4-10-6-5-7-11(8-10)13-9-12(2,3)14/h10-11,13-14H,4-9H2,1-3H3. The summed E-state index contributed by atoms with van der Waals surface area (Å²) in [6, 6.07) is 0.639. The molecule has 1 aliphatic carbocycles. The largest absolute Gasteiger partial charge is 0.389 e. The predicted octanol–water partition coefficient (Wildman–Crippen LogP) is 2.32. The van der Waals surface area contributed by atoms with E-state index in [0.717, 1.165) is 5.92 Å². The van der Waals surface area contributed by atoms with Gasteiger partial charge in [-0.15, -0.1) is 0 Å². The van der Waals surface area contributed by atoms with Gasteiger partial charge in [-0.05, 0) is 32.6 Å². The quantitative estimate of drug-likeness (QED) is 0.728. The molecule has 2 atom stereocenters. The zero-order chi connectivity index (χ0) is 10.6. The minimum atomic E-state index is -0.570. The summed E-state index contributed by atoms with van der Waals surface area (Å²) in [5.41, 5.74) is -0.570. The molecule has 1 rings (SSSR count). The summed E-state index contributed by atoms with van der Waals surface area (Å²) in [7, 11) is 0. The van der Waals surface area contributed by atoms with Crippen LogP contribution in [-0.2, 0) is 0 Å². The molecule has 0 spiro atoms. The molecule has 0 aliphatic heterocycles. The molecule has 0 saturated heterocycles. The van der Waals surface area contributed by atoms with Crippen LogP contribution in [-0.4, -0.2) is 23.3 Å². The van der Waals surface area contributed by atoms with Crippen LogP contribution in [0.1, 0.15) is 52.9 Å². The van der Waals surface area contributed by atoms with Gasteiger partial charge in [-0.1, -0.05) is 26.2 Å². The highest BCUT2D eigenvalue weighted by Gasteiger charge is 2.22. The van der Waals surface area contributed by atoms with Crippen molar-refractivity contribution in [3.05, 3.63) is 0 Å². The number of rotatable bonds is 4. The average Bonchev–Trinajstić information content (AvgIpc) is 2.14. The highest BCUT2D eigenvalue weighted by Crippen LogP contribution is 2.26. The second-order valence-corrected chi connectivity index (χ2v) is 5.33. The summed E-state index contributed by atoms with van der Waals surface area (Å²) in [5.74, 6) is 0.906. The van der Waals surface area contributed by atoms with Gasteiger partial charge >= 0.3 is 0 Å². The summed E-state index contributed by atoms with van der Waals surface area (Å²) in [5, 5.41) is 13.1. The smallest absolute Gasteiger partial charge is 0.0715 e. The molecule has 0 heterocycles. The Bertz CT molecular complexity index is 162. The molecule has 1 aliphatic rings. The van der Waals surface area contributed by atoms with Crippen molar-refractivity contribution < 1.29 is 5.11 Å². The van der Waals surface area contributed by atoms with Crippen LogP contribution in [0.15, 0.2) is 0 Å². The minimum Gasteiger partial charge on any atom is -0.389 e. The number of hydrogen-bond acceptors (Lipinski definition) is 2. The van der Waals surface area contributed by atoms with E-state index < -0.39 is 5.60 Å². The Kier molecular flexibility index (Phi) is 4.39. The Balaban J connectivity index is 2.24. The van der Waals surface area contributed by atoms with Crippen molar-refractivity contribution in [3.8, 4) is 0 Å². The van der Waals surface area contributed by atoms with Crippen molar-refractivity contribution in [2.24, 2.45) is 5.92 Å². The van der Waals surface area contributed by atoms with E-state index in [1.807, 2.05) is 13.8 Å². The third kappa shape index (κ3) is 4.43. The van der Waals surface area contributed by atoms with Crippen molar-refractivity contribution in [2.75, 3.05) is 6.54 Å². The molecule has 1 saturated carbocycles. The van der Waals surface area contributed by atoms with E-state index in [1.54, 1.807) is 0 Å². The van der Waals surface area contributed by atoms with Crippen LogP contribution in [0.2, 0.25) is 0 Å². The van der Waals surface area contributed by atoms with Crippen molar-refractivity contribution in [1.82, 2.24) is 5.32 Å². The van der Waals surface area contributed by atoms with E-state index in [9.17, 15) is 5.11 Å². The van der Waals surface area contributed by atoms with E-state index in [1.165, 1.54) is 32.1 Å². The van der Waals surface area contributed by atoms with Crippen molar-refractivity contribution in [3.63, 3.8) is 0 Å². The lowest BCUT2D eigenvalue weighted by Crippen LogP contribution is -2.42. The molecule has 2 heteroatoms. The third-order valence-electron chi connectivity index (χ3n) is 3.18. The fourth-order valence-corrected chi connectivity index (χ4v) is 2.24. The van der Waals surface area contributed by atoms with Crippen LogP contribution in [0.5, 0.6) is 0 Å². The van der Waals surface area contributed by atoms with Crippen molar-refractivity contribution in [2.45, 2.75) is 64.5 Å². The molecule has 0 bridgehead atoms. The molecule has 0 aromatic rings. The lowest BCUT2D eigenvalue weighted by molar-refractivity contribution is 0.0729. The first kappa shape index (κ1) is 12.0. The zero-order valence-corrected chi connectivity index (χ0v) is 9.84. The minimum absolute atomic E-state index is 0.570. The van der Waals surface area contributed by atoms with Crippen molar-refractivity contribution in [1.29, 1.82) is 0 Å². The summed E-state index contributed by atoms with van der Waals surface area (Å²) in [6.45, 7) is 6.72.